The largest absolute Gasteiger partial charge is 0.277 e. The maximum absolute atomic E-state index is 3.89. The molecule has 0 aromatic heterocycles. The van der Waals surface area contributed by atoms with Crippen molar-refractivity contribution in [3.8, 4) is 0 Å². The van der Waals surface area contributed by atoms with Crippen LogP contribution >= 0.6 is 0 Å². The third kappa shape index (κ3) is 5.61. The van der Waals surface area contributed by atoms with Gasteiger partial charge in [0.15, 0.2) is 0 Å². The number of allylic oxidation sites excluding steroid dienone is 1. The van der Waals surface area contributed by atoms with Gasteiger partial charge in [-0.1, -0.05) is 13.0 Å². The summed E-state index contributed by atoms with van der Waals surface area (Å²) < 4.78 is 0. The average Bonchev–Trinajstić information content (AvgIpc) is 2.01. The third-order valence-corrected chi connectivity index (χ3v) is 1.09. The van der Waals surface area contributed by atoms with Gasteiger partial charge in [0.25, 0.3) is 0 Å². The number of aliphatic imine (C=N–C) groups is 1. The van der Waals surface area contributed by atoms with E-state index in [0.29, 0.717) is 0 Å². The molecular weight excluding hydrogens is 138 g/mol. The summed E-state index contributed by atoms with van der Waals surface area (Å²) in [5.41, 5.74) is 3.17. The van der Waals surface area contributed by atoms with Gasteiger partial charge in [-0.15, -0.1) is 0 Å². The Kier molecular flexibility index (Phi) is 6.73. The first kappa shape index (κ1) is 10.2. The van der Waals surface area contributed by atoms with Gasteiger partial charge in [0, 0.05) is 19.8 Å². The van der Waals surface area contributed by atoms with Crippen LogP contribution in [0.3, 0.4) is 0 Å². The van der Waals surface area contributed by atoms with Crippen LogP contribution in [0.5, 0.6) is 0 Å². The van der Waals surface area contributed by atoms with Crippen molar-refractivity contribution in [1.82, 2.24) is 10.4 Å². The van der Waals surface area contributed by atoms with Gasteiger partial charge in [-0.25, -0.2) is 5.43 Å². The van der Waals surface area contributed by atoms with Crippen LogP contribution in [-0.4, -0.2) is 24.9 Å². The maximum Gasteiger partial charge on any atom is 0.103 e. The Morgan fingerprint density at radius 3 is 2.73 bits per heavy atom. The molecule has 11 heavy (non-hydrogen) atoms. The van der Waals surface area contributed by atoms with Crippen LogP contribution in [0.25, 0.3) is 0 Å². The number of nitrogens with zero attached hydrogens (tertiary/aromatic N) is 2. The van der Waals surface area contributed by atoms with E-state index in [1.165, 1.54) is 0 Å². The summed E-state index contributed by atoms with van der Waals surface area (Å²) in [4.78, 5) is 3.89. The molecule has 0 unspecified atom stereocenters. The first-order valence-corrected chi connectivity index (χ1v) is 3.92. The van der Waals surface area contributed by atoms with Gasteiger partial charge >= 0.3 is 0 Å². The molecular formula is C8H17N3. The van der Waals surface area contributed by atoms with Crippen LogP contribution in [0.4, 0.5) is 0 Å². The number of hydrazine groups is 1. The Morgan fingerprint density at radius 2 is 2.27 bits per heavy atom. The number of hydrogen-bond acceptors (Lipinski definition) is 2. The van der Waals surface area contributed by atoms with E-state index in [1.54, 1.807) is 13.4 Å². The minimum atomic E-state index is 0.969. The van der Waals surface area contributed by atoms with Crippen molar-refractivity contribution in [1.29, 1.82) is 0 Å². The molecule has 0 spiro atoms. The van der Waals surface area contributed by atoms with Gasteiger partial charge in [0.05, 0.1) is 0 Å². The molecule has 0 radical (unpaired) electrons. The summed E-state index contributed by atoms with van der Waals surface area (Å²) in [6, 6.07) is 0. The molecule has 0 aliphatic rings. The summed E-state index contributed by atoms with van der Waals surface area (Å²) in [6.07, 6.45) is 6.76. The highest BCUT2D eigenvalue weighted by molar-refractivity contribution is 5.55. The average molecular weight is 155 g/mol. The van der Waals surface area contributed by atoms with E-state index in [4.69, 9.17) is 0 Å². The molecule has 0 aromatic carbocycles. The van der Waals surface area contributed by atoms with E-state index >= 15 is 0 Å². The van der Waals surface area contributed by atoms with Crippen molar-refractivity contribution in [2.75, 3.05) is 13.6 Å². The molecule has 0 aromatic rings. The Hall–Kier alpha value is -0.830. The summed E-state index contributed by atoms with van der Waals surface area (Å²) in [5.74, 6) is 0. The standard InChI is InChI=1S/C8H17N3/c1-4-6-10-11(7-5-2)8-9-3/h5,7-8,10H,4,6H2,1-3H3. The first-order valence-electron chi connectivity index (χ1n) is 3.92. The lowest BCUT2D eigenvalue weighted by Crippen LogP contribution is -2.32. The van der Waals surface area contributed by atoms with Gasteiger partial charge in [-0.3, -0.25) is 10.0 Å². The van der Waals surface area contributed by atoms with Crippen molar-refractivity contribution in [2.45, 2.75) is 20.3 Å². The second kappa shape index (κ2) is 7.28. The van der Waals surface area contributed by atoms with Crippen LogP contribution in [0.2, 0.25) is 0 Å². The molecule has 0 aliphatic heterocycles. The predicted molar refractivity (Wildman–Crippen MR) is 49.4 cm³/mol. The van der Waals surface area contributed by atoms with Crippen LogP contribution < -0.4 is 5.43 Å². The number of hydrogen-bond donors (Lipinski definition) is 1. The summed E-state index contributed by atoms with van der Waals surface area (Å²) >= 11 is 0. The van der Waals surface area contributed by atoms with E-state index in [2.05, 4.69) is 17.3 Å². The van der Waals surface area contributed by atoms with Gasteiger partial charge in [0.1, 0.15) is 6.34 Å². The van der Waals surface area contributed by atoms with Gasteiger partial charge < -0.3 is 0 Å². The molecule has 1 N–H and O–H groups in total. The second-order valence-corrected chi connectivity index (χ2v) is 2.17. The monoisotopic (exact) mass is 155 g/mol. The fourth-order valence-corrected chi connectivity index (χ4v) is 0.658. The zero-order valence-corrected chi connectivity index (χ0v) is 7.54. The van der Waals surface area contributed by atoms with Crippen molar-refractivity contribution < 1.29 is 0 Å². The lowest BCUT2D eigenvalue weighted by molar-refractivity contribution is 0.414. The fraction of sp³-hybridized carbons (Fsp3) is 0.625. The Morgan fingerprint density at radius 1 is 1.55 bits per heavy atom. The molecule has 0 atom stereocenters. The minimum absolute atomic E-state index is 0.969. The summed E-state index contributed by atoms with van der Waals surface area (Å²) in [5, 5.41) is 1.85. The lowest BCUT2D eigenvalue weighted by Gasteiger charge is -2.14. The zero-order chi connectivity index (χ0) is 8.53. The Bertz CT molecular complexity index is 117. The third-order valence-electron chi connectivity index (χ3n) is 1.09. The highest BCUT2D eigenvalue weighted by atomic mass is 15.5. The Labute approximate surface area is 68.8 Å². The minimum Gasteiger partial charge on any atom is -0.277 e. The van der Waals surface area contributed by atoms with E-state index in [-0.39, 0.29) is 0 Å². The Balaban J connectivity index is 3.69. The maximum atomic E-state index is 3.89. The highest BCUT2D eigenvalue weighted by Crippen LogP contribution is 1.81. The molecule has 0 fully saturated rings. The molecule has 64 valence electrons. The van der Waals surface area contributed by atoms with Crippen molar-refractivity contribution in [2.24, 2.45) is 4.99 Å². The summed E-state index contributed by atoms with van der Waals surface area (Å²) in [7, 11) is 1.75. The van der Waals surface area contributed by atoms with E-state index in [0.717, 1.165) is 13.0 Å². The summed E-state index contributed by atoms with van der Waals surface area (Å²) in [6.45, 7) is 5.07. The van der Waals surface area contributed by atoms with Crippen LogP contribution in [0.15, 0.2) is 17.3 Å². The molecule has 3 heteroatoms. The molecule has 0 saturated heterocycles. The van der Waals surface area contributed by atoms with E-state index in [9.17, 15) is 0 Å². The molecule has 0 amide bonds. The van der Waals surface area contributed by atoms with Crippen LogP contribution in [0, 0.1) is 0 Å². The molecule has 0 saturated carbocycles. The van der Waals surface area contributed by atoms with Crippen molar-refractivity contribution in [3.63, 3.8) is 0 Å². The predicted octanol–water partition coefficient (Wildman–Crippen LogP) is 1.39. The SMILES string of the molecule is CC=CN(C=NC)NCCC. The molecule has 0 aliphatic carbocycles. The normalized spacial score (nSPS) is 11.5. The van der Waals surface area contributed by atoms with Gasteiger partial charge in [0.2, 0.25) is 0 Å². The van der Waals surface area contributed by atoms with Crippen LogP contribution in [0.1, 0.15) is 20.3 Å². The molecule has 3 nitrogen and oxygen atoms in total. The molecule has 0 bridgehead atoms. The van der Waals surface area contributed by atoms with E-state index < -0.39 is 0 Å². The van der Waals surface area contributed by atoms with Gasteiger partial charge in [-0.05, 0) is 13.3 Å². The fourth-order valence-electron chi connectivity index (χ4n) is 0.658. The van der Waals surface area contributed by atoms with Crippen molar-refractivity contribution in [3.05, 3.63) is 12.3 Å². The quantitative estimate of drug-likeness (QED) is 0.369. The topological polar surface area (TPSA) is 27.6 Å². The lowest BCUT2D eigenvalue weighted by atomic mass is 10.5. The van der Waals surface area contributed by atoms with Crippen molar-refractivity contribution >= 4 is 6.34 Å². The molecule has 0 rings (SSSR count). The van der Waals surface area contributed by atoms with E-state index in [1.807, 2.05) is 24.2 Å². The molecule has 0 heterocycles. The highest BCUT2D eigenvalue weighted by Gasteiger charge is 1.88. The number of nitrogens with one attached hydrogen (secondary N) is 1. The second-order valence-electron chi connectivity index (χ2n) is 2.17. The van der Waals surface area contributed by atoms with Crippen LogP contribution in [-0.2, 0) is 0 Å². The first-order chi connectivity index (χ1) is 5.35. The van der Waals surface area contributed by atoms with Gasteiger partial charge in [-0.2, -0.15) is 0 Å². The smallest absolute Gasteiger partial charge is 0.103 e. The zero-order valence-electron chi connectivity index (χ0n) is 7.54. The number of rotatable bonds is 5.